The number of furan rings is 1. The molecule has 0 unspecified atom stereocenters. The van der Waals surface area contributed by atoms with Crippen LogP contribution in [0.3, 0.4) is 0 Å². The van der Waals surface area contributed by atoms with E-state index in [0.29, 0.717) is 0 Å². The third-order valence-electron chi connectivity index (χ3n) is 16.4. The van der Waals surface area contributed by atoms with Crippen LogP contribution in [-0.4, -0.2) is 11.4 Å². The van der Waals surface area contributed by atoms with Crippen LogP contribution >= 0.6 is 0 Å². The molecule has 0 saturated carbocycles. The molecular formula is C62H53BN2O. The van der Waals surface area contributed by atoms with Crippen molar-refractivity contribution in [3.05, 3.63) is 173 Å². The third-order valence-corrected chi connectivity index (χ3v) is 16.4. The van der Waals surface area contributed by atoms with Crippen molar-refractivity contribution in [2.45, 2.75) is 90.9 Å². The van der Waals surface area contributed by atoms with Gasteiger partial charge in [-0.05, 0) is 131 Å². The molecule has 14 rings (SSSR count). The van der Waals surface area contributed by atoms with Crippen LogP contribution in [0.15, 0.2) is 144 Å². The van der Waals surface area contributed by atoms with Gasteiger partial charge in [-0.25, -0.2) is 0 Å². The van der Waals surface area contributed by atoms with E-state index in [4.69, 9.17) is 4.42 Å². The molecule has 0 atom stereocenters. The normalized spacial score (nSPS) is 15.9. The molecule has 0 amide bonds. The van der Waals surface area contributed by atoms with Crippen LogP contribution in [0.2, 0.25) is 0 Å². The number of nitrogens with zero attached hydrogens (tertiary/aromatic N) is 2. The van der Waals surface area contributed by atoms with Gasteiger partial charge in [0.05, 0.1) is 11.0 Å². The van der Waals surface area contributed by atoms with Gasteiger partial charge in [0.15, 0.2) is 0 Å². The lowest BCUT2D eigenvalue weighted by Crippen LogP contribution is -2.61. The van der Waals surface area contributed by atoms with E-state index in [1.54, 1.807) is 0 Å². The molecule has 4 heteroatoms. The molecule has 10 aromatic rings. The van der Waals surface area contributed by atoms with Gasteiger partial charge in [0.2, 0.25) is 0 Å². The molecule has 0 radical (unpaired) electrons. The molecule has 0 spiro atoms. The fraction of sp³-hybridized carbons (Fsp3) is 0.226. The molecule has 0 fully saturated rings. The average Bonchev–Trinajstić information content (AvgIpc) is 3.97. The second kappa shape index (κ2) is 12.2. The lowest BCUT2D eigenvalue weighted by molar-refractivity contribution is 0.590. The molecule has 4 aliphatic rings. The van der Waals surface area contributed by atoms with Crippen LogP contribution in [0.4, 0.5) is 11.4 Å². The van der Waals surface area contributed by atoms with Crippen molar-refractivity contribution in [3.63, 3.8) is 0 Å². The maximum atomic E-state index is 6.84. The Balaban J connectivity index is 1.24. The summed E-state index contributed by atoms with van der Waals surface area (Å²) >= 11 is 0. The molecule has 0 bridgehead atoms. The molecule has 66 heavy (non-hydrogen) atoms. The minimum atomic E-state index is -0.287. The smallest absolute Gasteiger partial charge is 0.333 e. The summed E-state index contributed by atoms with van der Waals surface area (Å²) in [6, 6.07) is 53.9. The van der Waals surface area contributed by atoms with Crippen molar-refractivity contribution < 1.29 is 4.42 Å². The summed E-state index contributed by atoms with van der Waals surface area (Å²) in [5.74, 6) is 0. The van der Waals surface area contributed by atoms with Crippen LogP contribution in [0.5, 0.6) is 0 Å². The van der Waals surface area contributed by atoms with Crippen LogP contribution in [0, 0.1) is 0 Å². The minimum absolute atomic E-state index is 0.0190. The van der Waals surface area contributed by atoms with Crippen LogP contribution in [-0.2, 0) is 21.7 Å². The van der Waals surface area contributed by atoms with Crippen LogP contribution in [0.1, 0.15) is 103 Å². The zero-order valence-electron chi connectivity index (χ0n) is 39.7. The van der Waals surface area contributed by atoms with Gasteiger partial charge in [-0.1, -0.05) is 160 Å². The number of benzene rings is 8. The Kier molecular flexibility index (Phi) is 7.09. The van der Waals surface area contributed by atoms with E-state index in [9.17, 15) is 0 Å². The van der Waals surface area contributed by atoms with Crippen molar-refractivity contribution in [2.75, 3.05) is 4.81 Å². The Bertz CT molecular complexity index is 3840. The van der Waals surface area contributed by atoms with Gasteiger partial charge in [0, 0.05) is 55.0 Å². The van der Waals surface area contributed by atoms with Gasteiger partial charge >= 0.3 is 6.85 Å². The number of hydrogen-bond donors (Lipinski definition) is 0. The third kappa shape index (κ3) is 4.65. The summed E-state index contributed by atoms with van der Waals surface area (Å²) in [6.45, 7) is 23.6. The molecule has 4 heterocycles. The first-order valence-electron chi connectivity index (χ1n) is 24.0. The number of para-hydroxylation sites is 1. The summed E-state index contributed by atoms with van der Waals surface area (Å²) in [5.41, 5.74) is 26.7. The summed E-state index contributed by atoms with van der Waals surface area (Å²) < 4.78 is 9.54. The topological polar surface area (TPSA) is 21.3 Å². The second-order valence-electron chi connectivity index (χ2n) is 22.9. The van der Waals surface area contributed by atoms with Gasteiger partial charge in [-0.2, -0.15) is 0 Å². The zero-order chi connectivity index (χ0) is 45.1. The van der Waals surface area contributed by atoms with E-state index >= 15 is 0 Å². The van der Waals surface area contributed by atoms with Gasteiger partial charge in [0.25, 0.3) is 0 Å². The molecule has 3 nitrogen and oxygen atoms in total. The predicted octanol–water partition coefficient (Wildman–Crippen LogP) is 15.1. The maximum Gasteiger partial charge on any atom is 0.333 e. The van der Waals surface area contributed by atoms with Gasteiger partial charge in [-0.15, -0.1) is 0 Å². The molecule has 0 saturated heterocycles. The van der Waals surface area contributed by atoms with E-state index < -0.39 is 0 Å². The largest absolute Gasteiger partial charge is 0.456 e. The van der Waals surface area contributed by atoms with Crippen molar-refractivity contribution in [2.24, 2.45) is 0 Å². The Morgan fingerprint density at radius 1 is 0.500 bits per heavy atom. The van der Waals surface area contributed by atoms with Crippen molar-refractivity contribution >= 4 is 72.9 Å². The Morgan fingerprint density at radius 2 is 1.17 bits per heavy atom. The summed E-state index contributed by atoms with van der Waals surface area (Å²) in [4.78, 5) is 2.71. The van der Waals surface area contributed by atoms with E-state index in [2.05, 4.69) is 218 Å². The lowest BCUT2D eigenvalue weighted by atomic mass is 9.43. The quantitative estimate of drug-likeness (QED) is 0.153. The Morgan fingerprint density at radius 3 is 1.91 bits per heavy atom. The molecule has 2 aliphatic heterocycles. The molecule has 0 N–H and O–H groups in total. The first kappa shape index (κ1) is 38.5. The standard InChI is InChI=1S/C62H53BN2O/c1-59(2,3)34-23-26-36(27-24-34)65-49-31-41-38-18-13-16-22-51(38)66-52(41)32-43(49)55-56-53(39-19-12-15-21-45(39)62(56,9)10)54-42-29-35(60(4,5)6)25-28-48(42)64-50-33-46-40(30-47(50)63(65)57(55)58(54)64)37-17-11-14-20-44(37)61(46,7)8/h11-33H,1-10H3. The SMILES string of the molecule is CC(C)(C)c1ccc(N2B3c4cc5c(cc4-n4c6ccc(C(C)(C)C)cc6c6c7c(c(c3c64)-c3cc4oc6ccccc6c4cc32)C(C)(C)c2ccccc2-7)C(C)(C)c2ccccc2-5)cc1. The Labute approximate surface area is 387 Å². The molecule has 2 aliphatic carbocycles. The highest BCUT2D eigenvalue weighted by atomic mass is 16.3. The van der Waals surface area contributed by atoms with Gasteiger partial charge in [0.1, 0.15) is 11.2 Å². The second-order valence-corrected chi connectivity index (χ2v) is 22.9. The van der Waals surface area contributed by atoms with Gasteiger partial charge in [-0.3, -0.25) is 0 Å². The fourth-order valence-corrected chi connectivity index (χ4v) is 13.1. The number of fused-ring (bicyclic) bond motifs is 19. The number of aromatic nitrogens is 1. The molecule has 8 aromatic carbocycles. The molecule has 320 valence electrons. The lowest BCUT2D eigenvalue weighted by Gasteiger charge is -2.44. The fourth-order valence-electron chi connectivity index (χ4n) is 13.1. The van der Waals surface area contributed by atoms with Crippen molar-refractivity contribution in [1.29, 1.82) is 0 Å². The summed E-state index contributed by atoms with van der Waals surface area (Å²) in [5, 5.41) is 5.00. The molecular weight excluding hydrogens is 800 g/mol. The number of anilines is 2. The van der Waals surface area contributed by atoms with E-state index in [1.165, 1.54) is 117 Å². The predicted molar refractivity (Wildman–Crippen MR) is 280 cm³/mol. The monoisotopic (exact) mass is 852 g/mol. The van der Waals surface area contributed by atoms with Crippen LogP contribution in [0.25, 0.3) is 82.8 Å². The highest BCUT2D eigenvalue weighted by Gasteiger charge is 2.51. The zero-order valence-corrected chi connectivity index (χ0v) is 39.7. The molecule has 2 aromatic heterocycles. The highest BCUT2D eigenvalue weighted by molar-refractivity contribution is 6.94. The summed E-state index contributed by atoms with van der Waals surface area (Å²) in [6.07, 6.45) is 0. The maximum absolute atomic E-state index is 6.84. The Hall–Kier alpha value is -6.78. The van der Waals surface area contributed by atoms with E-state index in [-0.39, 0.29) is 28.5 Å². The first-order chi connectivity index (χ1) is 31.5. The summed E-state index contributed by atoms with van der Waals surface area (Å²) in [7, 11) is 0. The van der Waals surface area contributed by atoms with Crippen molar-refractivity contribution in [1.82, 2.24) is 4.57 Å². The average molecular weight is 853 g/mol. The minimum Gasteiger partial charge on any atom is -0.456 e. The van der Waals surface area contributed by atoms with E-state index in [1.807, 2.05) is 0 Å². The van der Waals surface area contributed by atoms with Crippen molar-refractivity contribution in [3.8, 4) is 39.1 Å². The first-order valence-corrected chi connectivity index (χ1v) is 24.0. The number of hydrogen-bond acceptors (Lipinski definition) is 2. The van der Waals surface area contributed by atoms with Gasteiger partial charge < -0.3 is 13.8 Å². The van der Waals surface area contributed by atoms with Crippen LogP contribution < -0.4 is 15.7 Å². The van der Waals surface area contributed by atoms with E-state index in [0.717, 1.165) is 21.9 Å². The highest BCUT2D eigenvalue weighted by Crippen LogP contribution is 2.60. The number of rotatable bonds is 1.